The molecule has 1 aromatic rings. The molecule has 112 valence electrons. The highest BCUT2D eigenvalue weighted by Crippen LogP contribution is 2.30. The molecule has 0 unspecified atom stereocenters. The second-order valence-electron chi connectivity index (χ2n) is 5.48. The van der Waals surface area contributed by atoms with E-state index >= 15 is 0 Å². The summed E-state index contributed by atoms with van der Waals surface area (Å²) in [6.07, 6.45) is 7.50. The predicted octanol–water partition coefficient (Wildman–Crippen LogP) is 2.35. The lowest BCUT2D eigenvalue weighted by Gasteiger charge is -2.39. The van der Waals surface area contributed by atoms with Crippen LogP contribution in [0.1, 0.15) is 44.6 Å². The Bertz CT molecular complexity index is 420. The zero-order valence-electron chi connectivity index (χ0n) is 12.6. The van der Waals surface area contributed by atoms with Gasteiger partial charge in [0.25, 0.3) is 0 Å². The molecular weight excluding hydrogens is 252 g/mol. The molecule has 1 aromatic heterocycles. The third kappa shape index (κ3) is 3.60. The molecule has 1 saturated carbocycles. The molecule has 1 heterocycles. The lowest BCUT2D eigenvalue weighted by molar-refractivity contribution is 0.282. The molecule has 0 aliphatic heterocycles. The molecule has 0 spiro atoms. The largest absolute Gasteiger partial charge is 0.396 e. The van der Waals surface area contributed by atoms with Gasteiger partial charge in [-0.3, -0.25) is 0 Å². The Morgan fingerprint density at radius 3 is 2.85 bits per heavy atom. The van der Waals surface area contributed by atoms with Gasteiger partial charge in [0, 0.05) is 37.5 Å². The van der Waals surface area contributed by atoms with Crippen molar-refractivity contribution in [2.75, 3.05) is 29.9 Å². The molecule has 0 bridgehead atoms. The summed E-state index contributed by atoms with van der Waals surface area (Å²) >= 11 is 0. The molecule has 1 fully saturated rings. The number of aliphatic hydroxyl groups is 1. The Hall–Kier alpha value is -1.36. The first-order valence-corrected chi connectivity index (χ1v) is 7.71. The van der Waals surface area contributed by atoms with Crippen LogP contribution in [0.15, 0.2) is 6.20 Å². The Morgan fingerprint density at radius 2 is 2.25 bits per heavy atom. The molecule has 20 heavy (non-hydrogen) atoms. The Labute approximate surface area is 121 Å². The third-order valence-electron chi connectivity index (χ3n) is 3.82. The van der Waals surface area contributed by atoms with Crippen LogP contribution in [0, 0.1) is 6.92 Å². The summed E-state index contributed by atoms with van der Waals surface area (Å²) < 4.78 is 0. The Morgan fingerprint density at radius 1 is 1.45 bits per heavy atom. The molecule has 5 nitrogen and oxygen atoms in total. The number of nitrogens with zero attached hydrogens (tertiary/aromatic N) is 3. The van der Waals surface area contributed by atoms with E-state index in [1.54, 1.807) is 0 Å². The summed E-state index contributed by atoms with van der Waals surface area (Å²) in [5.41, 5.74) is 1.11. The SMILES string of the molecule is CCCNc1ncc(C)c(N(CCCO)C2CCC2)n1. The summed E-state index contributed by atoms with van der Waals surface area (Å²) in [4.78, 5) is 11.4. The van der Waals surface area contributed by atoms with E-state index < -0.39 is 0 Å². The predicted molar refractivity (Wildman–Crippen MR) is 82.2 cm³/mol. The number of rotatable bonds is 8. The molecule has 5 heteroatoms. The zero-order valence-corrected chi connectivity index (χ0v) is 12.6. The van der Waals surface area contributed by atoms with Gasteiger partial charge in [0.05, 0.1) is 0 Å². The van der Waals surface area contributed by atoms with Gasteiger partial charge in [-0.15, -0.1) is 0 Å². The molecule has 0 aromatic carbocycles. The van der Waals surface area contributed by atoms with E-state index in [1.165, 1.54) is 19.3 Å². The first-order chi connectivity index (χ1) is 9.76. The van der Waals surface area contributed by atoms with Gasteiger partial charge in [0.15, 0.2) is 0 Å². The van der Waals surface area contributed by atoms with Gasteiger partial charge in [-0.25, -0.2) is 4.98 Å². The van der Waals surface area contributed by atoms with E-state index in [0.717, 1.165) is 37.3 Å². The van der Waals surface area contributed by atoms with Gasteiger partial charge in [0.1, 0.15) is 5.82 Å². The number of hydrogen-bond donors (Lipinski definition) is 2. The lowest BCUT2D eigenvalue weighted by Crippen LogP contribution is -2.42. The summed E-state index contributed by atoms with van der Waals surface area (Å²) in [7, 11) is 0. The van der Waals surface area contributed by atoms with Gasteiger partial charge in [-0.2, -0.15) is 4.98 Å². The summed E-state index contributed by atoms with van der Waals surface area (Å²) in [6, 6.07) is 0.578. The molecule has 2 N–H and O–H groups in total. The van der Waals surface area contributed by atoms with Gasteiger partial charge >= 0.3 is 0 Å². The third-order valence-corrected chi connectivity index (χ3v) is 3.82. The van der Waals surface area contributed by atoms with Crippen LogP contribution in [0.4, 0.5) is 11.8 Å². The molecule has 1 aliphatic rings. The Kier molecular flexibility index (Phi) is 5.59. The molecule has 0 saturated heterocycles. The van der Waals surface area contributed by atoms with Crippen molar-refractivity contribution in [1.29, 1.82) is 0 Å². The van der Waals surface area contributed by atoms with Crippen molar-refractivity contribution < 1.29 is 5.11 Å². The number of nitrogens with one attached hydrogen (secondary N) is 1. The van der Waals surface area contributed by atoms with Crippen molar-refractivity contribution in [1.82, 2.24) is 9.97 Å². The van der Waals surface area contributed by atoms with Crippen LogP contribution in [-0.4, -0.2) is 40.8 Å². The number of anilines is 2. The first-order valence-electron chi connectivity index (χ1n) is 7.71. The minimum absolute atomic E-state index is 0.230. The highest BCUT2D eigenvalue weighted by Gasteiger charge is 2.27. The maximum atomic E-state index is 9.10. The molecule has 1 aliphatic carbocycles. The van der Waals surface area contributed by atoms with E-state index in [2.05, 4.69) is 34.0 Å². The summed E-state index contributed by atoms with van der Waals surface area (Å²) in [5, 5.41) is 12.4. The van der Waals surface area contributed by atoms with Crippen LogP contribution in [0.25, 0.3) is 0 Å². The van der Waals surface area contributed by atoms with Gasteiger partial charge in [-0.1, -0.05) is 6.92 Å². The zero-order chi connectivity index (χ0) is 14.4. The van der Waals surface area contributed by atoms with Crippen molar-refractivity contribution >= 4 is 11.8 Å². The van der Waals surface area contributed by atoms with Crippen molar-refractivity contribution in [3.05, 3.63) is 11.8 Å². The fraction of sp³-hybridized carbons (Fsp3) is 0.733. The van der Waals surface area contributed by atoms with Gasteiger partial charge in [0.2, 0.25) is 5.95 Å². The van der Waals surface area contributed by atoms with E-state index in [9.17, 15) is 0 Å². The lowest BCUT2D eigenvalue weighted by atomic mass is 9.91. The topological polar surface area (TPSA) is 61.3 Å². The maximum absolute atomic E-state index is 9.10. The number of aliphatic hydroxyl groups excluding tert-OH is 1. The standard InChI is InChI=1S/C15H26N4O/c1-3-8-16-15-17-11-12(2)14(18-15)19(9-5-10-20)13-6-4-7-13/h11,13,20H,3-10H2,1-2H3,(H,16,17,18). The summed E-state index contributed by atoms with van der Waals surface area (Å²) in [6.45, 7) is 6.18. The smallest absolute Gasteiger partial charge is 0.224 e. The van der Waals surface area contributed by atoms with Crippen LogP contribution >= 0.6 is 0 Å². The molecule has 2 rings (SSSR count). The molecule has 0 amide bonds. The number of aromatic nitrogens is 2. The second kappa shape index (κ2) is 7.43. The average molecular weight is 278 g/mol. The van der Waals surface area contributed by atoms with Crippen molar-refractivity contribution in [2.24, 2.45) is 0 Å². The van der Waals surface area contributed by atoms with Crippen LogP contribution in [0.2, 0.25) is 0 Å². The molecule has 0 atom stereocenters. The van der Waals surface area contributed by atoms with Crippen molar-refractivity contribution in [3.63, 3.8) is 0 Å². The first kappa shape index (κ1) is 15.0. The van der Waals surface area contributed by atoms with E-state index in [1.807, 2.05) is 6.20 Å². The fourth-order valence-corrected chi connectivity index (χ4v) is 2.45. The van der Waals surface area contributed by atoms with E-state index in [4.69, 9.17) is 5.11 Å². The summed E-state index contributed by atoms with van der Waals surface area (Å²) in [5.74, 6) is 1.73. The molecule has 0 radical (unpaired) electrons. The van der Waals surface area contributed by atoms with Crippen molar-refractivity contribution in [3.8, 4) is 0 Å². The van der Waals surface area contributed by atoms with Gasteiger partial charge in [-0.05, 0) is 39.0 Å². The quantitative estimate of drug-likeness (QED) is 0.764. The van der Waals surface area contributed by atoms with Crippen LogP contribution in [-0.2, 0) is 0 Å². The molecular formula is C15H26N4O. The monoisotopic (exact) mass is 278 g/mol. The maximum Gasteiger partial charge on any atom is 0.224 e. The van der Waals surface area contributed by atoms with Gasteiger partial charge < -0.3 is 15.3 Å². The normalized spacial score (nSPS) is 14.9. The average Bonchev–Trinajstić information content (AvgIpc) is 2.40. The van der Waals surface area contributed by atoms with E-state index in [-0.39, 0.29) is 6.61 Å². The van der Waals surface area contributed by atoms with Crippen LogP contribution in [0.5, 0.6) is 0 Å². The number of hydrogen-bond acceptors (Lipinski definition) is 5. The minimum Gasteiger partial charge on any atom is -0.396 e. The minimum atomic E-state index is 0.230. The van der Waals surface area contributed by atoms with Crippen molar-refractivity contribution in [2.45, 2.75) is 52.0 Å². The fourth-order valence-electron chi connectivity index (χ4n) is 2.45. The Balaban J connectivity index is 2.16. The van der Waals surface area contributed by atoms with Crippen LogP contribution < -0.4 is 10.2 Å². The second-order valence-corrected chi connectivity index (χ2v) is 5.48. The van der Waals surface area contributed by atoms with Crippen LogP contribution in [0.3, 0.4) is 0 Å². The highest BCUT2D eigenvalue weighted by molar-refractivity contribution is 5.50. The highest BCUT2D eigenvalue weighted by atomic mass is 16.3. The van der Waals surface area contributed by atoms with E-state index in [0.29, 0.717) is 12.0 Å². The number of aryl methyl sites for hydroxylation is 1.